The molecule has 0 bridgehead atoms. The van der Waals surface area contributed by atoms with Crippen LogP contribution in [0.3, 0.4) is 0 Å². The maximum absolute atomic E-state index is 11.7. The largest absolute Gasteiger partial charge is 0.494 e. The first-order valence-corrected chi connectivity index (χ1v) is 7.27. The van der Waals surface area contributed by atoms with Crippen molar-refractivity contribution in [3.05, 3.63) is 33.1 Å². The first-order chi connectivity index (χ1) is 9.58. The summed E-state index contributed by atoms with van der Waals surface area (Å²) in [4.78, 5) is 12.1. The SMILES string of the molecule is CCOc1ccc(-n2c(N)c(C(=O)NC)sc2=S)cc1. The fourth-order valence-corrected chi connectivity index (χ4v) is 3.08. The normalized spacial score (nSPS) is 10.3. The van der Waals surface area contributed by atoms with E-state index in [1.807, 2.05) is 31.2 Å². The molecule has 0 spiro atoms. The summed E-state index contributed by atoms with van der Waals surface area (Å²) in [5.74, 6) is 0.898. The van der Waals surface area contributed by atoms with E-state index >= 15 is 0 Å². The van der Waals surface area contributed by atoms with Crippen LogP contribution in [0.15, 0.2) is 24.3 Å². The molecule has 0 atom stereocenters. The van der Waals surface area contributed by atoms with Gasteiger partial charge in [-0.15, -0.1) is 0 Å². The standard InChI is InChI=1S/C13H15N3O2S2/c1-3-18-9-6-4-8(5-7-9)16-11(14)10(12(17)15-2)20-13(16)19/h4-7H,3,14H2,1-2H3,(H,15,17). The summed E-state index contributed by atoms with van der Waals surface area (Å²) < 4.78 is 7.60. The van der Waals surface area contributed by atoms with Gasteiger partial charge < -0.3 is 15.8 Å². The van der Waals surface area contributed by atoms with Gasteiger partial charge in [0.1, 0.15) is 16.4 Å². The van der Waals surface area contributed by atoms with E-state index in [-0.39, 0.29) is 5.91 Å². The van der Waals surface area contributed by atoms with Crippen LogP contribution < -0.4 is 15.8 Å². The maximum Gasteiger partial charge on any atom is 0.264 e. The molecule has 0 saturated carbocycles. The third kappa shape index (κ3) is 2.68. The highest BCUT2D eigenvalue weighted by molar-refractivity contribution is 7.73. The number of hydrogen-bond acceptors (Lipinski definition) is 5. The van der Waals surface area contributed by atoms with Crippen molar-refractivity contribution in [2.75, 3.05) is 19.4 Å². The van der Waals surface area contributed by atoms with E-state index in [0.717, 1.165) is 11.4 Å². The Kier molecular flexibility index (Phi) is 4.41. The fourth-order valence-electron chi connectivity index (χ4n) is 1.76. The molecule has 0 aliphatic heterocycles. The number of benzene rings is 1. The number of carbonyl (C=O) groups is 1. The Balaban J connectivity index is 2.45. The molecule has 0 fully saturated rings. The Bertz CT molecular complexity index is 674. The smallest absolute Gasteiger partial charge is 0.264 e. The van der Waals surface area contributed by atoms with Gasteiger partial charge in [0.25, 0.3) is 5.91 Å². The molecule has 0 radical (unpaired) electrons. The molecule has 1 aromatic heterocycles. The summed E-state index contributed by atoms with van der Waals surface area (Å²) in [6.45, 7) is 2.54. The van der Waals surface area contributed by atoms with Crippen LogP contribution in [0.1, 0.15) is 16.6 Å². The molecule has 0 aliphatic rings. The van der Waals surface area contributed by atoms with Crippen molar-refractivity contribution in [2.24, 2.45) is 0 Å². The number of amides is 1. The predicted molar refractivity (Wildman–Crippen MR) is 83.5 cm³/mol. The lowest BCUT2D eigenvalue weighted by molar-refractivity contribution is 0.0967. The van der Waals surface area contributed by atoms with Gasteiger partial charge in [0, 0.05) is 12.7 Å². The molecule has 0 aliphatic carbocycles. The van der Waals surface area contributed by atoms with Crippen LogP contribution in [-0.4, -0.2) is 24.1 Å². The number of nitrogen functional groups attached to an aromatic ring is 1. The summed E-state index contributed by atoms with van der Waals surface area (Å²) in [5.41, 5.74) is 6.83. The molecule has 3 N–H and O–H groups in total. The molecule has 0 unspecified atom stereocenters. The Labute approximate surface area is 126 Å². The monoisotopic (exact) mass is 309 g/mol. The number of aromatic nitrogens is 1. The molecule has 2 rings (SSSR count). The quantitative estimate of drug-likeness (QED) is 0.852. The highest BCUT2D eigenvalue weighted by Gasteiger charge is 2.16. The van der Waals surface area contributed by atoms with Gasteiger partial charge in [-0.1, -0.05) is 11.3 Å². The van der Waals surface area contributed by atoms with Crippen LogP contribution in [0.5, 0.6) is 5.75 Å². The molecular formula is C13H15N3O2S2. The van der Waals surface area contributed by atoms with Crippen LogP contribution in [0.4, 0.5) is 5.82 Å². The van der Waals surface area contributed by atoms with E-state index in [9.17, 15) is 4.79 Å². The molecule has 5 nitrogen and oxygen atoms in total. The maximum atomic E-state index is 11.7. The number of hydrogen-bond donors (Lipinski definition) is 2. The Morgan fingerprint density at radius 2 is 2.10 bits per heavy atom. The molecule has 1 aromatic carbocycles. The van der Waals surface area contributed by atoms with Crippen LogP contribution in [0, 0.1) is 3.95 Å². The van der Waals surface area contributed by atoms with Crippen molar-refractivity contribution in [3.63, 3.8) is 0 Å². The number of nitrogens with zero attached hydrogens (tertiary/aromatic N) is 1. The Morgan fingerprint density at radius 3 is 2.65 bits per heavy atom. The molecule has 2 aromatic rings. The number of anilines is 1. The number of ether oxygens (including phenoxy) is 1. The van der Waals surface area contributed by atoms with Crippen LogP contribution in [0.2, 0.25) is 0 Å². The fraction of sp³-hybridized carbons (Fsp3) is 0.231. The van der Waals surface area contributed by atoms with E-state index in [0.29, 0.717) is 21.3 Å². The van der Waals surface area contributed by atoms with Crippen LogP contribution >= 0.6 is 23.6 Å². The van der Waals surface area contributed by atoms with Gasteiger partial charge in [-0.2, -0.15) is 0 Å². The van der Waals surface area contributed by atoms with Crippen molar-refractivity contribution in [3.8, 4) is 11.4 Å². The average Bonchev–Trinajstić information content (AvgIpc) is 2.75. The zero-order valence-corrected chi connectivity index (χ0v) is 12.8. The molecule has 1 amide bonds. The van der Waals surface area contributed by atoms with Crippen LogP contribution in [0.25, 0.3) is 5.69 Å². The van der Waals surface area contributed by atoms with Gasteiger partial charge in [0.15, 0.2) is 3.95 Å². The number of carbonyl (C=O) groups excluding carboxylic acids is 1. The van der Waals surface area contributed by atoms with Crippen LogP contribution in [-0.2, 0) is 0 Å². The minimum absolute atomic E-state index is 0.233. The minimum atomic E-state index is -0.233. The lowest BCUT2D eigenvalue weighted by Crippen LogP contribution is -2.18. The summed E-state index contributed by atoms with van der Waals surface area (Å²) in [6.07, 6.45) is 0. The van der Waals surface area contributed by atoms with E-state index in [4.69, 9.17) is 22.7 Å². The second-order valence-electron chi connectivity index (χ2n) is 3.92. The second-order valence-corrected chi connectivity index (χ2v) is 5.57. The molecule has 106 valence electrons. The van der Waals surface area contributed by atoms with E-state index < -0.39 is 0 Å². The Hall–Kier alpha value is -1.86. The summed E-state index contributed by atoms with van der Waals surface area (Å²) in [7, 11) is 1.56. The zero-order chi connectivity index (χ0) is 14.7. The van der Waals surface area contributed by atoms with E-state index in [1.165, 1.54) is 11.3 Å². The lowest BCUT2D eigenvalue weighted by Gasteiger charge is -2.08. The predicted octanol–water partition coefficient (Wildman–Crippen LogP) is 2.61. The van der Waals surface area contributed by atoms with E-state index in [1.54, 1.807) is 11.6 Å². The Morgan fingerprint density at radius 1 is 1.45 bits per heavy atom. The van der Waals surface area contributed by atoms with Crippen molar-refractivity contribution in [1.82, 2.24) is 9.88 Å². The average molecular weight is 309 g/mol. The first kappa shape index (κ1) is 14.5. The van der Waals surface area contributed by atoms with Crippen molar-refractivity contribution in [2.45, 2.75) is 6.92 Å². The number of nitrogens with one attached hydrogen (secondary N) is 1. The number of thiazole rings is 1. The van der Waals surface area contributed by atoms with Crippen molar-refractivity contribution >= 4 is 35.3 Å². The van der Waals surface area contributed by atoms with Gasteiger partial charge in [-0.05, 0) is 43.4 Å². The molecule has 0 saturated heterocycles. The highest BCUT2D eigenvalue weighted by atomic mass is 32.1. The third-order valence-electron chi connectivity index (χ3n) is 2.68. The molecular weight excluding hydrogens is 294 g/mol. The van der Waals surface area contributed by atoms with E-state index in [2.05, 4.69) is 5.32 Å². The minimum Gasteiger partial charge on any atom is -0.494 e. The van der Waals surface area contributed by atoms with Crippen molar-refractivity contribution < 1.29 is 9.53 Å². The van der Waals surface area contributed by atoms with Gasteiger partial charge in [0.2, 0.25) is 0 Å². The zero-order valence-electron chi connectivity index (χ0n) is 11.2. The molecule has 7 heteroatoms. The highest BCUT2D eigenvalue weighted by Crippen LogP contribution is 2.27. The number of rotatable bonds is 4. The lowest BCUT2D eigenvalue weighted by atomic mass is 10.3. The summed E-state index contributed by atoms with van der Waals surface area (Å²) in [5, 5.41) is 2.55. The van der Waals surface area contributed by atoms with Crippen molar-refractivity contribution in [1.29, 1.82) is 0 Å². The van der Waals surface area contributed by atoms with Gasteiger partial charge >= 0.3 is 0 Å². The van der Waals surface area contributed by atoms with Gasteiger partial charge in [0.05, 0.1) is 6.61 Å². The summed E-state index contributed by atoms with van der Waals surface area (Å²) >= 11 is 6.48. The third-order valence-corrected chi connectivity index (χ3v) is 4.07. The van der Waals surface area contributed by atoms with Gasteiger partial charge in [-0.3, -0.25) is 9.36 Å². The molecule has 20 heavy (non-hydrogen) atoms. The van der Waals surface area contributed by atoms with Gasteiger partial charge in [-0.25, -0.2) is 0 Å². The second kappa shape index (κ2) is 6.06. The topological polar surface area (TPSA) is 69.3 Å². The summed E-state index contributed by atoms with van der Waals surface area (Å²) in [6, 6.07) is 7.41. The number of nitrogens with two attached hydrogens (primary N) is 1. The first-order valence-electron chi connectivity index (χ1n) is 6.05. The molecule has 1 heterocycles.